The summed E-state index contributed by atoms with van der Waals surface area (Å²) in [7, 11) is 0. The Kier molecular flexibility index (Phi) is 2.08. The van der Waals surface area contributed by atoms with Crippen LogP contribution in [0.1, 0.15) is 17.2 Å². The minimum Gasteiger partial charge on any atom is -0.412 e. The Morgan fingerprint density at radius 1 is 1.18 bits per heavy atom. The number of hydrogen-bond donors (Lipinski definition) is 1. The molecule has 0 saturated carbocycles. The highest BCUT2D eigenvalue weighted by Gasteiger charge is 2.11. The Hall–Kier alpha value is -1.12. The second-order valence-corrected chi connectivity index (χ2v) is 2.43. The maximum atomic E-state index is 9.29. The zero-order valence-corrected chi connectivity index (χ0v) is 5.99. The molecule has 1 aromatic carbocycles. The summed E-state index contributed by atoms with van der Waals surface area (Å²) in [4.78, 5) is 0. The third-order valence-electron chi connectivity index (χ3n) is 1.77. The molecule has 0 aromatic heterocycles. The summed E-state index contributed by atoms with van der Waals surface area (Å²) in [6, 6.07) is 7.86. The van der Waals surface area contributed by atoms with Crippen LogP contribution in [0.25, 0.3) is 6.08 Å². The van der Waals surface area contributed by atoms with Crippen LogP contribution < -0.4 is 0 Å². The van der Waals surface area contributed by atoms with E-state index in [0.29, 0.717) is 0 Å². The Balaban J connectivity index is 0.000000605. The largest absolute Gasteiger partial charge is 0.412 e. The topological polar surface area (TPSA) is 51.7 Å². The SMILES string of the molecule is O.OC1C=Cc2ccccc21. The molecule has 0 spiro atoms. The molecule has 0 radical (unpaired) electrons. The van der Waals surface area contributed by atoms with E-state index in [-0.39, 0.29) is 11.6 Å². The van der Waals surface area contributed by atoms with Crippen LogP contribution in [0.5, 0.6) is 0 Å². The van der Waals surface area contributed by atoms with Gasteiger partial charge in [0.05, 0.1) is 6.10 Å². The zero-order valence-electron chi connectivity index (χ0n) is 5.99. The van der Waals surface area contributed by atoms with E-state index < -0.39 is 0 Å². The van der Waals surface area contributed by atoms with Gasteiger partial charge in [-0.3, -0.25) is 0 Å². The minimum atomic E-state index is -0.379. The van der Waals surface area contributed by atoms with Gasteiger partial charge in [-0.05, 0) is 11.1 Å². The average Bonchev–Trinajstić information content (AvgIpc) is 2.34. The highest BCUT2D eigenvalue weighted by molar-refractivity contribution is 5.61. The first-order chi connectivity index (χ1) is 4.88. The number of hydrogen-bond acceptors (Lipinski definition) is 1. The second kappa shape index (κ2) is 2.86. The molecule has 0 amide bonds. The average molecular weight is 150 g/mol. The molecule has 0 saturated heterocycles. The molecule has 11 heavy (non-hydrogen) atoms. The number of benzene rings is 1. The summed E-state index contributed by atoms with van der Waals surface area (Å²) < 4.78 is 0. The van der Waals surface area contributed by atoms with Gasteiger partial charge in [-0.2, -0.15) is 0 Å². The zero-order chi connectivity index (χ0) is 6.97. The van der Waals surface area contributed by atoms with Crippen molar-refractivity contribution in [2.24, 2.45) is 0 Å². The summed E-state index contributed by atoms with van der Waals surface area (Å²) >= 11 is 0. The molecule has 1 atom stereocenters. The third-order valence-corrected chi connectivity index (χ3v) is 1.77. The maximum absolute atomic E-state index is 9.29. The van der Waals surface area contributed by atoms with Crippen molar-refractivity contribution < 1.29 is 10.6 Å². The van der Waals surface area contributed by atoms with Crippen molar-refractivity contribution in [2.45, 2.75) is 6.10 Å². The van der Waals surface area contributed by atoms with Gasteiger partial charge < -0.3 is 10.6 Å². The van der Waals surface area contributed by atoms with Crippen molar-refractivity contribution in [1.82, 2.24) is 0 Å². The molecule has 3 N–H and O–H groups in total. The van der Waals surface area contributed by atoms with Crippen LogP contribution in [-0.4, -0.2) is 10.6 Å². The van der Waals surface area contributed by atoms with Crippen molar-refractivity contribution in [3.05, 3.63) is 41.5 Å². The molecule has 0 fully saturated rings. The molecule has 0 bridgehead atoms. The van der Waals surface area contributed by atoms with Gasteiger partial charge in [-0.1, -0.05) is 36.4 Å². The van der Waals surface area contributed by atoms with Gasteiger partial charge in [-0.25, -0.2) is 0 Å². The summed E-state index contributed by atoms with van der Waals surface area (Å²) in [5.41, 5.74) is 2.15. The van der Waals surface area contributed by atoms with E-state index in [9.17, 15) is 5.11 Å². The number of rotatable bonds is 0. The Bertz CT molecular complexity index is 279. The maximum Gasteiger partial charge on any atom is 0.0980 e. The molecule has 58 valence electrons. The predicted octanol–water partition coefficient (Wildman–Crippen LogP) is 0.922. The van der Waals surface area contributed by atoms with E-state index in [1.54, 1.807) is 6.08 Å². The van der Waals surface area contributed by atoms with Gasteiger partial charge in [0, 0.05) is 0 Å². The van der Waals surface area contributed by atoms with Gasteiger partial charge in [0.2, 0.25) is 0 Å². The monoisotopic (exact) mass is 150 g/mol. The van der Waals surface area contributed by atoms with E-state index in [0.717, 1.165) is 11.1 Å². The van der Waals surface area contributed by atoms with Crippen molar-refractivity contribution in [1.29, 1.82) is 0 Å². The lowest BCUT2D eigenvalue weighted by molar-refractivity contribution is 0.232. The minimum absolute atomic E-state index is 0. The molecule has 1 aliphatic carbocycles. The molecular formula is C9H10O2. The Morgan fingerprint density at radius 2 is 1.91 bits per heavy atom. The molecule has 1 aromatic rings. The van der Waals surface area contributed by atoms with Crippen molar-refractivity contribution in [3.8, 4) is 0 Å². The lowest BCUT2D eigenvalue weighted by Gasteiger charge is -2.00. The first-order valence-corrected chi connectivity index (χ1v) is 3.33. The lowest BCUT2D eigenvalue weighted by Crippen LogP contribution is -1.88. The van der Waals surface area contributed by atoms with Crippen molar-refractivity contribution in [3.63, 3.8) is 0 Å². The predicted molar refractivity (Wildman–Crippen MR) is 44.0 cm³/mol. The van der Waals surface area contributed by atoms with Crippen LogP contribution in [0.4, 0.5) is 0 Å². The second-order valence-electron chi connectivity index (χ2n) is 2.43. The molecular weight excluding hydrogens is 140 g/mol. The van der Waals surface area contributed by atoms with Crippen LogP contribution in [0.2, 0.25) is 0 Å². The van der Waals surface area contributed by atoms with Crippen LogP contribution in [0, 0.1) is 0 Å². The van der Waals surface area contributed by atoms with Gasteiger partial charge in [-0.15, -0.1) is 0 Å². The summed E-state index contributed by atoms with van der Waals surface area (Å²) in [6.07, 6.45) is 3.36. The van der Waals surface area contributed by atoms with Crippen molar-refractivity contribution >= 4 is 6.08 Å². The van der Waals surface area contributed by atoms with Crippen LogP contribution in [0.15, 0.2) is 30.3 Å². The number of aliphatic hydroxyl groups excluding tert-OH is 1. The molecule has 2 heteroatoms. The van der Waals surface area contributed by atoms with E-state index in [2.05, 4.69) is 0 Å². The smallest absolute Gasteiger partial charge is 0.0980 e. The highest BCUT2D eigenvalue weighted by atomic mass is 16.3. The number of fused-ring (bicyclic) bond motifs is 1. The molecule has 1 unspecified atom stereocenters. The molecule has 0 heterocycles. The van der Waals surface area contributed by atoms with Crippen LogP contribution in [0.3, 0.4) is 0 Å². The van der Waals surface area contributed by atoms with E-state index in [4.69, 9.17) is 0 Å². The normalized spacial score (nSPS) is 19.2. The summed E-state index contributed by atoms with van der Waals surface area (Å²) in [5, 5.41) is 9.29. The van der Waals surface area contributed by atoms with E-state index in [1.165, 1.54) is 0 Å². The fraction of sp³-hybridized carbons (Fsp3) is 0.111. The Labute approximate surface area is 65.1 Å². The number of aliphatic hydroxyl groups is 1. The molecule has 0 aliphatic heterocycles. The highest BCUT2D eigenvalue weighted by Crippen LogP contribution is 2.26. The first kappa shape index (κ1) is 7.98. The molecule has 1 aliphatic rings. The van der Waals surface area contributed by atoms with E-state index in [1.807, 2.05) is 30.3 Å². The summed E-state index contributed by atoms with van der Waals surface area (Å²) in [6.45, 7) is 0. The van der Waals surface area contributed by atoms with Crippen LogP contribution in [-0.2, 0) is 0 Å². The third kappa shape index (κ3) is 1.18. The van der Waals surface area contributed by atoms with E-state index >= 15 is 0 Å². The van der Waals surface area contributed by atoms with Gasteiger partial charge in [0.1, 0.15) is 0 Å². The summed E-state index contributed by atoms with van der Waals surface area (Å²) in [5.74, 6) is 0. The van der Waals surface area contributed by atoms with Gasteiger partial charge in [0.15, 0.2) is 0 Å². The molecule has 2 rings (SSSR count). The first-order valence-electron chi connectivity index (χ1n) is 3.33. The lowest BCUT2D eigenvalue weighted by atomic mass is 10.1. The molecule has 2 nitrogen and oxygen atoms in total. The fourth-order valence-corrected chi connectivity index (χ4v) is 1.23. The quantitative estimate of drug-likeness (QED) is 0.587. The fourth-order valence-electron chi connectivity index (χ4n) is 1.23. The Morgan fingerprint density at radius 3 is 2.64 bits per heavy atom. The van der Waals surface area contributed by atoms with Crippen LogP contribution >= 0.6 is 0 Å². The van der Waals surface area contributed by atoms with Crippen molar-refractivity contribution in [2.75, 3.05) is 0 Å². The standard InChI is InChI=1S/C9H8O.H2O/c10-9-6-5-7-3-1-2-4-8(7)9;/h1-6,9-10H;1H2. The van der Waals surface area contributed by atoms with Gasteiger partial charge in [0.25, 0.3) is 0 Å². The van der Waals surface area contributed by atoms with Gasteiger partial charge >= 0.3 is 0 Å².